The number of nitrogens with zero attached hydrogens (tertiary/aromatic N) is 3. The minimum absolute atomic E-state index is 0.157. The van der Waals surface area contributed by atoms with E-state index in [-0.39, 0.29) is 12.5 Å². The Hall–Kier alpha value is -2.35. The third-order valence-corrected chi connectivity index (χ3v) is 5.11. The highest BCUT2D eigenvalue weighted by Crippen LogP contribution is 2.25. The standard InChI is InChI=1S/C16H17N3O4S/c1-17(2)16(23)12-8-24-9-19(12)13(20)7-18-14(21)10-5-3-4-6-11(10)15(18)22/h3-6,12H,7-9H2,1-2H3. The number of amides is 4. The lowest BCUT2D eigenvalue weighted by molar-refractivity contribution is -0.141. The number of benzene rings is 1. The highest BCUT2D eigenvalue weighted by atomic mass is 32.2. The molecule has 2 aliphatic rings. The van der Waals surface area contributed by atoms with Gasteiger partial charge in [0.2, 0.25) is 11.8 Å². The van der Waals surface area contributed by atoms with Crippen LogP contribution in [0.4, 0.5) is 0 Å². The molecule has 0 spiro atoms. The Morgan fingerprint density at radius 3 is 2.29 bits per heavy atom. The van der Waals surface area contributed by atoms with Crippen molar-refractivity contribution in [2.45, 2.75) is 6.04 Å². The lowest BCUT2D eigenvalue weighted by Gasteiger charge is -2.26. The Balaban J connectivity index is 1.75. The maximum Gasteiger partial charge on any atom is 0.262 e. The fourth-order valence-corrected chi connectivity index (χ4v) is 3.97. The van der Waals surface area contributed by atoms with Crippen molar-refractivity contribution < 1.29 is 19.2 Å². The van der Waals surface area contributed by atoms with Gasteiger partial charge in [0.25, 0.3) is 11.8 Å². The molecule has 0 saturated carbocycles. The molecule has 0 N–H and O–H groups in total. The molecule has 0 radical (unpaired) electrons. The largest absolute Gasteiger partial charge is 0.347 e. The summed E-state index contributed by atoms with van der Waals surface area (Å²) < 4.78 is 0. The summed E-state index contributed by atoms with van der Waals surface area (Å²) in [6.45, 7) is -0.343. The summed E-state index contributed by atoms with van der Waals surface area (Å²) in [6.07, 6.45) is 0. The van der Waals surface area contributed by atoms with Crippen molar-refractivity contribution in [2.75, 3.05) is 32.3 Å². The summed E-state index contributed by atoms with van der Waals surface area (Å²) in [7, 11) is 3.27. The Morgan fingerprint density at radius 2 is 1.75 bits per heavy atom. The van der Waals surface area contributed by atoms with Gasteiger partial charge in [-0.3, -0.25) is 24.1 Å². The highest BCUT2D eigenvalue weighted by molar-refractivity contribution is 7.99. The van der Waals surface area contributed by atoms with E-state index in [2.05, 4.69) is 0 Å². The smallest absolute Gasteiger partial charge is 0.262 e. The molecule has 4 amide bonds. The third-order valence-electron chi connectivity index (χ3n) is 4.10. The average molecular weight is 347 g/mol. The highest BCUT2D eigenvalue weighted by Gasteiger charge is 2.40. The van der Waals surface area contributed by atoms with Crippen molar-refractivity contribution in [3.05, 3.63) is 35.4 Å². The van der Waals surface area contributed by atoms with E-state index in [1.807, 2.05) is 0 Å². The van der Waals surface area contributed by atoms with Crippen LogP contribution in [0.1, 0.15) is 20.7 Å². The molecule has 1 atom stereocenters. The van der Waals surface area contributed by atoms with Gasteiger partial charge in [0.1, 0.15) is 12.6 Å². The predicted octanol–water partition coefficient (Wildman–Crippen LogP) is 0.272. The number of carbonyl (C=O) groups is 4. The van der Waals surface area contributed by atoms with Gasteiger partial charge in [-0.2, -0.15) is 0 Å². The number of rotatable bonds is 3. The molecule has 3 rings (SSSR count). The van der Waals surface area contributed by atoms with Crippen LogP contribution in [-0.4, -0.2) is 76.6 Å². The number of imide groups is 1. The van der Waals surface area contributed by atoms with Gasteiger partial charge >= 0.3 is 0 Å². The van der Waals surface area contributed by atoms with Crippen molar-refractivity contribution >= 4 is 35.4 Å². The Kier molecular flexibility index (Phi) is 4.31. The summed E-state index contributed by atoms with van der Waals surface area (Å²) in [5.74, 6) is -0.583. The van der Waals surface area contributed by atoms with Crippen LogP contribution >= 0.6 is 11.8 Å². The van der Waals surface area contributed by atoms with Crippen LogP contribution in [0.2, 0.25) is 0 Å². The molecule has 1 unspecified atom stereocenters. The van der Waals surface area contributed by atoms with Gasteiger partial charge in [-0.1, -0.05) is 12.1 Å². The van der Waals surface area contributed by atoms with Crippen molar-refractivity contribution in [2.24, 2.45) is 0 Å². The molecule has 2 aliphatic heterocycles. The van der Waals surface area contributed by atoms with E-state index in [1.165, 1.54) is 21.6 Å². The molecule has 2 heterocycles. The van der Waals surface area contributed by atoms with Crippen molar-refractivity contribution in [1.29, 1.82) is 0 Å². The number of hydrogen-bond donors (Lipinski definition) is 0. The third kappa shape index (κ3) is 2.66. The zero-order valence-electron chi connectivity index (χ0n) is 13.4. The van der Waals surface area contributed by atoms with E-state index in [0.29, 0.717) is 22.8 Å². The Labute approximate surface area is 143 Å². The van der Waals surface area contributed by atoms with Crippen LogP contribution in [-0.2, 0) is 9.59 Å². The van der Waals surface area contributed by atoms with Crippen LogP contribution in [0.15, 0.2) is 24.3 Å². The molecular weight excluding hydrogens is 330 g/mol. The number of carbonyl (C=O) groups excluding carboxylic acids is 4. The first-order valence-electron chi connectivity index (χ1n) is 7.45. The lowest BCUT2D eigenvalue weighted by Crippen LogP contribution is -2.50. The molecule has 1 saturated heterocycles. The molecule has 24 heavy (non-hydrogen) atoms. The lowest BCUT2D eigenvalue weighted by atomic mass is 10.1. The summed E-state index contributed by atoms with van der Waals surface area (Å²) in [5.41, 5.74) is 0.624. The second-order valence-electron chi connectivity index (χ2n) is 5.85. The quantitative estimate of drug-likeness (QED) is 0.734. The molecule has 7 nitrogen and oxygen atoms in total. The van der Waals surface area contributed by atoms with Gasteiger partial charge in [0, 0.05) is 19.8 Å². The molecule has 8 heteroatoms. The summed E-state index contributed by atoms with van der Waals surface area (Å²) in [4.78, 5) is 53.3. The van der Waals surface area contributed by atoms with Gasteiger partial charge in [0.15, 0.2) is 0 Å². The second-order valence-corrected chi connectivity index (χ2v) is 6.85. The number of hydrogen-bond acceptors (Lipinski definition) is 5. The first kappa shape index (κ1) is 16.5. The molecular formula is C16H17N3O4S. The van der Waals surface area contributed by atoms with Gasteiger partial charge < -0.3 is 9.80 Å². The van der Waals surface area contributed by atoms with Crippen molar-refractivity contribution in [1.82, 2.24) is 14.7 Å². The second kappa shape index (κ2) is 6.27. The molecule has 0 aromatic heterocycles. The van der Waals surface area contributed by atoms with Gasteiger partial charge in [-0.05, 0) is 12.1 Å². The zero-order chi connectivity index (χ0) is 17.4. The summed E-state index contributed by atoms with van der Waals surface area (Å²) in [6, 6.07) is 5.96. The molecule has 1 aromatic carbocycles. The van der Waals surface area contributed by atoms with Crippen LogP contribution in [0.3, 0.4) is 0 Å². The molecule has 0 aliphatic carbocycles. The summed E-state index contributed by atoms with van der Waals surface area (Å²) >= 11 is 1.48. The maximum atomic E-state index is 12.6. The van der Waals surface area contributed by atoms with Crippen LogP contribution in [0, 0.1) is 0 Å². The molecule has 1 aromatic rings. The number of thioether (sulfide) groups is 1. The Morgan fingerprint density at radius 1 is 1.17 bits per heavy atom. The monoisotopic (exact) mass is 347 g/mol. The topological polar surface area (TPSA) is 78.0 Å². The fraction of sp³-hybridized carbons (Fsp3) is 0.375. The van der Waals surface area contributed by atoms with E-state index in [1.54, 1.807) is 38.4 Å². The first-order valence-corrected chi connectivity index (χ1v) is 8.61. The van der Waals surface area contributed by atoms with Gasteiger partial charge in [-0.25, -0.2) is 0 Å². The van der Waals surface area contributed by atoms with E-state index in [9.17, 15) is 19.2 Å². The predicted molar refractivity (Wildman–Crippen MR) is 88.5 cm³/mol. The number of fused-ring (bicyclic) bond motifs is 1. The summed E-state index contributed by atoms with van der Waals surface area (Å²) in [5, 5.41) is 0. The van der Waals surface area contributed by atoms with E-state index < -0.39 is 23.8 Å². The Bertz CT molecular complexity index is 699. The zero-order valence-corrected chi connectivity index (χ0v) is 14.2. The minimum atomic E-state index is -0.548. The van der Waals surface area contributed by atoms with Gasteiger partial charge in [-0.15, -0.1) is 11.8 Å². The first-order chi connectivity index (χ1) is 11.4. The van der Waals surface area contributed by atoms with Crippen LogP contribution < -0.4 is 0 Å². The SMILES string of the molecule is CN(C)C(=O)C1CSCN1C(=O)CN1C(=O)c2ccccc2C1=O. The van der Waals surface area contributed by atoms with E-state index in [0.717, 1.165) is 4.90 Å². The number of likely N-dealkylation sites (N-methyl/N-ethyl adjacent to an activating group) is 1. The molecule has 126 valence electrons. The van der Waals surface area contributed by atoms with Crippen molar-refractivity contribution in [3.63, 3.8) is 0 Å². The fourth-order valence-electron chi connectivity index (χ4n) is 2.80. The minimum Gasteiger partial charge on any atom is -0.347 e. The normalized spacial score (nSPS) is 19.7. The van der Waals surface area contributed by atoms with E-state index in [4.69, 9.17) is 0 Å². The maximum absolute atomic E-state index is 12.6. The van der Waals surface area contributed by atoms with Crippen LogP contribution in [0.25, 0.3) is 0 Å². The van der Waals surface area contributed by atoms with E-state index >= 15 is 0 Å². The van der Waals surface area contributed by atoms with Gasteiger partial charge in [0.05, 0.1) is 17.0 Å². The average Bonchev–Trinajstić information content (AvgIpc) is 3.14. The molecule has 0 bridgehead atoms. The van der Waals surface area contributed by atoms with Crippen LogP contribution in [0.5, 0.6) is 0 Å². The molecule has 1 fully saturated rings. The van der Waals surface area contributed by atoms with Crippen molar-refractivity contribution in [3.8, 4) is 0 Å².